The lowest BCUT2D eigenvalue weighted by Gasteiger charge is -2.19. The Labute approximate surface area is 129 Å². The zero-order valence-corrected chi connectivity index (χ0v) is 13.7. The highest BCUT2D eigenvalue weighted by atomic mass is 32.2. The van der Waals surface area contributed by atoms with Gasteiger partial charge in [0, 0.05) is 5.56 Å². The molecule has 5 heteroatoms. The molecule has 116 valence electrons. The van der Waals surface area contributed by atoms with Gasteiger partial charge in [-0.2, -0.15) is 0 Å². The summed E-state index contributed by atoms with van der Waals surface area (Å²) in [5.74, 6) is 0.327. The third-order valence-electron chi connectivity index (χ3n) is 3.53. The molecule has 2 N–H and O–H groups in total. The van der Waals surface area contributed by atoms with Crippen LogP contribution in [-0.4, -0.2) is 15.0 Å². The monoisotopic (exact) mass is 310 g/mol. The molecule has 0 heterocycles. The minimum atomic E-state index is -1.32. The first-order valence-corrected chi connectivity index (χ1v) is 8.43. The number of nitrogen functional groups attached to an aromatic ring is 1. The fourth-order valence-electron chi connectivity index (χ4n) is 1.95. The van der Waals surface area contributed by atoms with Crippen molar-refractivity contribution in [3.63, 3.8) is 0 Å². The summed E-state index contributed by atoms with van der Waals surface area (Å²) in [7, 11) is 0. The van der Waals surface area contributed by atoms with Crippen molar-refractivity contribution in [1.82, 2.24) is 0 Å². The van der Waals surface area contributed by atoms with Crippen molar-refractivity contribution >= 4 is 22.8 Å². The molecule has 1 unspecified atom stereocenters. The Balaban J connectivity index is 2.25. The van der Waals surface area contributed by atoms with Crippen LogP contribution in [0.15, 0.2) is 22.6 Å². The van der Waals surface area contributed by atoms with E-state index in [0.29, 0.717) is 0 Å². The molecular weight excluding hydrogens is 287 g/mol. The van der Waals surface area contributed by atoms with E-state index in [2.05, 4.69) is 4.40 Å². The number of hydrogen-bond acceptors (Lipinski definition) is 3. The van der Waals surface area contributed by atoms with Gasteiger partial charge in [0.25, 0.3) is 0 Å². The van der Waals surface area contributed by atoms with Crippen molar-refractivity contribution in [2.45, 2.75) is 51.2 Å². The highest BCUT2D eigenvalue weighted by Gasteiger charge is 2.28. The largest absolute Gasteiger partial charge is 0.591 e. The average molecular weight is 310 g/mol. The van der Waals surface area contributed by atoms with Crippen LogP contribution in [0.3, 0.4) is 0 Å². The van der Waals surface area contributed by atoms with Crippen molar-refractivity contribution < 1.29 is 8.94 Å². The van der Waals surface area contributed by atoms with Crippen LogP contribution in [0.4, 0.5) is 10.1 Å². The van der Waals surface area contributed by atoms with Crippen LogP contribution in [0.25, 0.3) is 0 Å². The number of nitrogens with zero attached hydrogens (tertiary/aromatic N) is 1. The fraction of sp³-hybridized carbons (Fsp3) is 0.562. The molecule has 0 saturated heterocycles. The maximum atomic E-state index is 13.3. The Morgan fingerprint density at radius 2 is 2.10 bits per heavy atom. The van der Waals surface area contributed by atoms with Gasteiger partial charge in [-0.05, 0) is 57.7 Å². The van der Waals surface area contributed by atoms with E-state index >= 15 is 0 Å². The van der Waals surface area contributed by atoms with Crippen LogP contribution in [0.1, 0.15) is 52.0 Å². The normalized spacial score (nSPS) is 17.9. The lowest BCUT2D eigenvalue weighted by molar-refractivity contribution is 0.561. The number of hydrogen-bond donors (Lipinski definition) is 1. The van der Waals surface area contributed by atoms with Gasteiger partial charge in [0.05, 0.1) is 11.4 Å². The minimum absolute atomic E-state index is 0.105. The lowest BCUT2D eigenvalue weighted by atomic mass is 10.0. The van der Waals surface area contributed by atoms with E-state index < -0.39 is 21.9 Å². The molecule has 0 bridgehead atoms. The third-order valence-corrected chi connectivity index (χ3v) is 4.97. The summed E-state index contributed by atoms with van der Waals surface area (Å²) >= 11 is -1.32. The van der Waals surface area contributed by atoms with E-state index in [1.165, 1.54) is 18.9 Å². The first-order chi connectivity index (χ1) is 9.77. The van der Waals surface area contributed by atoms with E-state index in [9.17, 15) is 8.94 Å². The highest BCUT2D eigenvalue weighted by Crippen LogP contribution is 2.34. The second-order valence-corrected chi connectivity index (χ2v) is 8.52. The van der Waals surface area contributed by atoms with Crippen molar-refractivity contribution in [2.24, 2.45) is 10.3 Å². The molecule has 0 aromatic heterocycles. The van der Waals surface area contributed by atoms with Gasteiger partial charge < -0.3 is 10.3 Å². The summed E-state index contributed by atoms with van der Waals surface area (Å²) in [6.45, 7) is 5.68. The van der Waals surface area contributed by atoms with E-state index in [-0.39, 0.29) is 5.69 Å². The summed E-state index contributed by atoms with van der Waals surface area (Å²) in [6.07, 6.45) is 4.33. The van der Waals surface area contributed by atoms with Gasteiger partial charge in [-0.15, -0.1) is 0 Å². The molecule has 0 aliphatic heterocycles. The quantitative estimate of drug-likeness (QED) is 0.510. The number of anilines is 1. The molecule has 1 aliphatic carbocycles. The van der Waals surface area contributed by atoms with Crippen LogP contribution < -0.4 is 5.73 Å². The molecule has 0 radical (unpaired) electrons. The molecular formula is C16H23FN2OS. The summed E-state index contributed by atoms with van der Waals surface area (Å²) in [5.41, 5.74) is 7.28. The van der Waals surface area contributed by atoms with Gasteiger partial charge in [-0.25, -0.2) is 4.39 Å². The average Bonchev–Trinajstić information content (AvgIpc) is 3.20. The minimum Gasteiger partial charge on any atom is -0.591 e. The van der Waals surface area contributed by atoms with Gasteiger partial charge in [-0.3, -0.25) is 0 Å². The second kappa shape index (κ2) is 6.36. The number of rotatable bonds is 5. The Morgan fingerprint density at radius 1 is 1.43 bits per heavy atom. The second-order valence-electron chi connectivity index (χ2n) is 6.62. The van der Waals surface area contributed by atoms with Crippen molar-refractivity contribution in [3.05, 3.63) is 29.6 Å². The van der Waals surface area contributed by atoms with Crippen LogP contribution in [0.2, 0.25) is 0 Å². The fourth-order valence-corrected chi connectivity index (χ4v) is 2.62. The molecule has 1 aromatic carbocycles. The van der Waals surface area contributed by atoms with Gasteiger partial charge in [-0.1, -0.05) is 17.2 Å². The van der Waals surface area contributed by atoms with Gasteiger partial charge in [0.2, 0.25) is 0 Å². The zero-order chi connectivity index (χ0) is 15.6. The van der Waals surface area contributed by atoms with E-state index in [1.54, 1.807) is 12.1 Å². The van der Waals surface area contributed by atoms with E-state index in [4.69, 9.17) is 5.73 Å². The first-order valence-electron chi connectivity index (χ1n) is 7.32. The van der Waals surface area contributed by atoms with E-state index in [1.807, 2.05) is 20.8 Å². The summed E-state index contributed by atoms with van der Waals surface area (Å²) in [5, 5.41) is 0. The SMILES string of the molecule is CC(C)(C)[S+]([O-])/N=C(/CCC1CC1)c1ccc(F)c(N)c1. The Bertz CT molecular complexity index is 536. The molecule has 0 spiro atoms. The molecule has 1 fully saturated rings. The molecule has 1 aliphatic rings. The number of benzene rings is 1. The standard InChI is InChI=1S/C16H23FN2OS/c1-16(2,3)21(20)19-15(9-6-11-4-5-11)12-7-8-13(17)14(18)10-12/h7-8,10-11H,4-6,9,18H2,1-3H3/b19-15-. The van der Waals surface area contributed by atoms with Crippen LogP contribution >= 0.6 is 0 Å². The smallest absolute Gasteiger partial charge is 0.146 e. The van der Waals surface area contributed by atoms with E-state index in [0.717, 1.165) is 30.0 Å². The Kier molecular flexibility index (Phi) is 4.94. The molecule has 3 nitrogen and oxygen atoms in total. The zero-order valence-electron chi connectivity index (χ0n) is 12.9. The molecule has 1 aromatic rings. The van der Waals surface area contributed by atoms with Gasteiger partial charge in [0.15, 0.2) is 0 Å². The Morgan fingerprint density at radius 3 is 2.62 bits per heavy atom. The topological polar surface area (TPSA) is 61.4 Å². The first kappa shape index (κ1) is 16.3. The summed E-state index contributed by atoms with van der Waals surface area (Å²) in [6, 6.07) is 4.59. The number of halogens is 1. The molecule has 0 amide bonds. The van der Waals surface area contributed by atoms with Crippen LogP contribution in [0.5, 0.6) is 0 Å². The Hall–Kier alpha value is -1.07. The molecule has 2 rings (SSSR count). The van der Waals surface area contributed by atoms with Crippen molar-refractivity contribution in [1.29, 1.82) is 0 Å². The van der Waals surface area contributed by atoms with Crippen LogP contribution in [-0.2, 0) is 11.4 Å². The molecule has 21 heavy (non-hydrogen) atoms. The maximum Gasteiger partial charge on any atom is 0.146 e. The predicted octanol–water partition coefficient (Wildman–Crippen LogP) is 3.85. The summed E-state index contributed by atoms with van der Waals surface area (Å²) in [4.78, 5) is 0. The predicted molar refractivity (Wildman–Crippen MR) is 87.2 cm³/mol. The van der Waals surface area contributed by atoms with Crippen molar-refractivity contribution in [3.8, 4) is 0 Å². The van der Waals surface area contributed by atoms with Crippen LogP contribution in [0, 0.1) is 11.7 Å². The molecule has 1 saturated carbocycles. The lowest BCUT2D eigenvalue weighted by Crippen LogP contribution is -2.27. The highest BCUT2D eigenvalue weighted by molar-refractivity contribution is 7.91. The van der Waals surface area contributed by atoms with Crippen molar-refractivity contribution in [2.75, 3.05) is 5.73 Å². The molecule has 1 atom stereocenters. The number of nitrogens with two attached hydrogens (primary N) is 1. The van der Waals surface area contributed by atoms with Gasteiger partial charge >= 0.3 is 0 Å². The summed E-state index contributed by atoms with van der Waals surface area (Å²) < 4.78 is 29.6. The van der Waals surface area contributed by atoms with Gasteiger partial charge in [0.1, 0.15) is 21.9 Å². The maximum absolute atomic E-state index is 13.3. The third kappa shape index (κ3) is 4.71.